The average molecular weight is 523 g/mol. The van der Waals surface area contributed by atoms with Gasteiger partial charge in [-0.25, -0.2) is 4.79 Å². The number of hydrogen-bond donors (Lipinski definition) is 1. The zero-order valence-electron chi connectivity index (χ0n) is 23.0. The lowest BCUT2D eigenvalue weighted by Gasteiger charge is -2.46. The minimum Gasteiger partial charge on any atom is -0.444 e. The summed E-state index contributed by atoms with van der Waals surface area (Å²) in [6.07, 6.45) is -2.93. The molecule has 36 heavy (non-hydrogen) atoms. The second-order valence-electron chi connectivity index (χ2n) is 11.5. The van der Waals surface area contributed by atoms with E-state index in [9.17, 15) is 10.3 Å². The summed E-state index contributed by atoms with van der Waals surface area (Å²) in [7, 11) is -0.634. The Morgan fingerprint density at radius 1 is 1.17 bits per heavy atom. The van der Waals surface area contributed by atoms with Crippen LogP contribution in [-0.2, 0) is 30.0 Å². The van der Waals surface area contributed by atoms with E-state index < -0.39 is 50.6 Å². The second-order valence-corrected chi connectivity index (χ2v) is 16.3. The molecule has 1 amide bonds. The third-order valence-electron chi connectivity index (χ3n) is 6.47. The van der Waals surface area contributed by atoms with Crippen molar-refractivity contribution in [1.82, 2.24) is 5.32 Å². The number of benzene rings is 1. The highest BCUT2D eigenvalue weighted by atomic mass is 28.4. The number of nitrogens with one attached hydrogen (secondary N) is 1. The zero-order chi connectivity index (χ0) is 27.1. The number of rotatable bonds is 9. The summed E-state index contributed by atoms with van der Waals surface area (Å²) in [6.45, 7) is 16.5. The predicted molar refractivity (Wildman–Crippen MR) is 140 cm³/mol. The van der Waals surface area contributed by atoms with Crippen LogP contribution in [-0.4, -0.2) is 64.3 Å². The van der Waals surface area contributed by atoms with E-state index in [1.54, 1.807) is 20.8 Å². The van der Waals surface area contributed by atoms with Gasteiger partial charge >= 0.3 is 6.09 Å². The Hall–Kier alpha value is -2.14. The summed E-state index contributed by atoms with van der Waals surface area (Å²) in [5.41, 5.74) is 9.64. The Balaban J connectivity index is 2.37. The number of ether oxygens (including phenoxy) is 4. The van der Waals surface area contributed by atoms with Crippen molar-refractivity contribution in [3.05, 3.63) is 46.3 Å². The minimum atomic E-state index is -2.12. The van der Waals surface area contributed by atoms with Gasteiger partial charge < -0.3 is 28.7 Å². The number of carbonyl (C=O) groups is 1. The first-order valence-corrected chi connectivity index (χ1v) is 15.1. The number of nitrogens with zero attached hydrogens (tertiary/aromatic N) is 3. The molecule has 10 nitrogen and oxygen atoms in total. The SMILES string of the molecule is CO[C@H]1O[C@H](CO[Si](C)(C)C(C)(C)C)[C@H](N=[N+]=[N-])[C@@H](OCc2ccccc2)[C@@H]1NC(=O)OC(C)(C)C. The van der Waals surface area contributed by atoms with Crippen LogP contribution in [0.25, 0.3) is 10.4 Å². The van der Waals surface area contributed by atoms with Crippen molar-refractivity contribution >= 4 is 14.4 Å². The van der Waals surface area contributed by atoms with Gasteiger partial charge in [-0.3, -0.25) is 0 Å². The van der Waals surface area contributed by atoms with Crippen molar-refractivity contribution in [3.63, 3.8) is 0 Å². The van der Waals surface area contributed by atoms with E-state index in [2.05, 4.69) is 49.2 Å². The van der Waals surface area contributed by atoms with Crippen LogP contribution in [0.4, 0.5) is 4.79 Å². The van der Waals surface area contributed by atoms with Crippen LogP contribution in [0.5, 0.6) is 0 Å². The Kier molecular flexibility index (Phi) is 10.4. The quantitative estimate of drug-likeness (QED) is 0.197. The number of amides is 1. The molecule has 0 unspecified atom stereocenters. The maximum absolute atomic E-state index is 12.7. The maximum Gasteiger partial charge on any atom is 0.408 e. The lowest BCUT2D eigenvalue weighted by atomic mass is 9.94. The molecule has 1 aromatic rings. The molecule has 1 aliphatic rings. The second kappa shape index (κ2) is 12.4. The Bertz CT molecular complexity index is 896. The third-order valence-corrected chi connectivity index (χ3v) is 11.0. The van der Waals surface area contributed by atoms with Gasteiger partial charge in [0, 0.05) is 12.0 Å². The fourth-order valence-electron chi connectivity index (χ4n) is 3.53. The van der Waals surface area contributed by atoms with Crippen molar-refractivity contribution in [2.24, 2.45) is 5.11 Å². The molecule has 1 heterocycles. The minimum absolute atomic E-state index is 0.0136. The smallest absolute Gasteiger partial charge is 0.408 e. The Morgan fingerprint density at radius 2 is 1.81 bits per heavy atom. The highest BCUT2D eigenvalue weighted by Crippen LogP contribution is 2.37. The van der Waals surface area contributed by atoms with Crippen molar-refractivity contribution < 1.29 is 28.2 Å². The van der Waals surface area contributed by atoms with E-state index in [1.807, 2.05) is 30.3 Å². The van der Waals surface area contributed by atoms with E-state index >= 15 is 0 Å². The van der Waals surface area contributed by atoms with Gasteiger partial charge in [-0.2, -0.15) is 0 Å². The van der Waals surface area contributed by atoms with E-state index in [1.165, 1.54) is 7.11 Å². The molecule has 1 aromatic carbocycles. The van der Waals surface area contributed by atoms with Gasteiger partial charge in [0.25, 0.3) is 0 Å². The maximum atomic E-state index is 12.7. The highest BCUT2D eigenvalue weighted by Gasteiger charge is 2.49. The van der Waals surface area contributed by atoms with Crippen molar-refractivity contribution in [2.75, 3.05) is 13.7 Å². The molecule has 1 N–H and O–H groups in total. The molecular formula is C25H42N4O6Si. The van der Waals surface area contributed by atoms with Crippen LogP contribution in [0.1, 0.15) is 47.1 Å². The third kappa shape index (κ3) is 8.47. The highest BCUT2D eigenvalue weighted by molar-refractivity contribution is 6.74. The molecule has 202 valence electrons. The van der Waals surface area contributed by atoms with Gasteiger partial charge in [-0.1, -0.05) is 56.2 Å². The molecule has 11 heteroatoms. The van der Waals surface area contributed by atoms with E-state index in [0.717, 1.165) is 5.56 Å². The Labute approximate surface area is 215 Å². The molecular weight excluding hydrogens is 480 g/mol. The van der Waals surface area contributed by atoms with E-state index in [-0.39, 0.29) is 18.3 Å². The standard InChI is InChI=1S/C25H42N4O6Si/c1-24(2,3)35-23(30)27-20-21(32-15-17-13-11-10-12-14-17)19(28-29-26)18(34-22(20)31-7)16-33-36(8,9)25(4,5)6/h10-14,18-22H,15-16H2,1-9H3,(H,27,30)/t18-,19+,20+,21-,22+/m1/s1. The molecule has 1 aliphatic heterocycles. The lowest BCUT2D eigenvalue weighted by molar-refractivity contribution is -0.240. The molecule has 0 bridgehead atoms. The van der Waals surface area contributed by atoms with Crippen LogP contribution in [0.15, 0.2) is 35.4 Å². The van der Waals surface area contributed by atoms with Crippen LogP contribution >= 0.6 is 0 Å². The van der Waals surface area contributed by atoms with E-state index in [0.29, 0.717) is 0 Å². The van der Waals surface area contributed by atoms with Crippen molar-refractivity contribution in [3.8, 4) is 0 Å². The van der Waals surface area contributed by atoms with Crippen molar-refractivity contribution in [2.45, 2.75) is 102 Å². The first kappa shape index (κ1) is 30.1. The number of azide groups is 1. The first-order valence-electron chi connectivity index (χ1n) is 12.2. The average Bonchev–Trinajstić information content (AvgIpc) is 2.76. The summed E-state index contributed by atoms with van der Waals surface area (Å²) in [5.74, 6) is 0. The van der Waals surface area contributed by atoms with Gasteiger partial charge in [0.1, 0.15) is 11.6 Å². The summed E-state index contributed by atoms with van der Waals surface area (Å²) in [6, 6.07) is 8.04. The molecule has 0 radical (unpaired) electrons. The van der Waals surface area contributed by atoms with Gasteiger partial charge in [0.2, 0.25) is 0 Å². The van der Waals surface area contributed by atoms with Gasteiger partial charge in [-0.05, 0) is 50.0 Å². The molecule has 0 aromatic heterocycles. The fraction of sp³-hybridized carbons (Fsp3) is 0.720. The van der Waals surface area contributed by atoms with Crippen LogP contribution in [0, 0.1) is 0 Å². The Morgan fingerprint density at radius 3 is 2.33 bits per heavy atom. The summed E-state index contributed by atoms with van der Waals surface area (Å²) in [5, 5.41) is 6.84. The lowest BCUT2D eigenvalue weighted by Crippen LogP contribution is -2.65. The number of hydrogen-bond acceptors (Lipinski definition) is 7. The van der Waals surface area contributed by atoms with E-state index in [4.69, 9.17) is 23.4 Å². The molecule has 0 aliphatic carbocycles. The van der Waals surface area contributed by atoms with Crippen molar-refractivity contribution in [1.29, 1.82) is 0 Å². The number of methoxy groups -OCH3 is 1. The predicted octanol–water partition coefficient (Wildman–Crippen LogP) is 5.54. The largest absolute Gasteiger partial charge is 0.444 e. The monoisotopic (exact) mass is 522 g/mol. The van der Waals surface area contributed by atoms with Gasteiger partial charge in [-0.15, -0.1) is 0 Å². The molecule has 1 saturated heterocycles. The normalized spacial score (nSPS) is 25.1. The molecule has 1 fully saturated rings. The summed E-state index contributed by atoms with van der Waals surface area (Å²) >= 11 is 0. The van der Waals surface area contributed by atoms with Crippen LogP contribution in [0.2, 0.25) is 18.1 Å². The zero-order valence-corrected chi connectivity index (χ0v) is 24.0. The number of carbonyl (C=O) groups excluding carboxylic acids is 1. The van der Waals surface area contributed by atoms with Gasteiger partial charge in [0.05, 0.1) is 31.5 Å². The summed E-state index contributed by atoms with van der Waals surface area (Å²) in [4.78, 5) is 15.8. The molecule has 2 rings (SSSR count). The first-order chi connectivity index (χ1) is 16.7. The summed E-state index contributed by atoms with van der Waals surface area (Å²) < 4.78 is 30.0. The fourth-order valence-corrected chi connectivity index (χ4v) is 4.54. The molecule has 5 atom stereocenters. The van der Waals surface area contributed by atoms with Gasteiger partial charge in [0.15, 0.2) is 14.6 Å². The topological polar surface area (TPSA) is 124 Å². The van der Waals surface area contributed by atoms with Crippen LogP contribution < -0.4 is 5.32 Å². The molecule has 0 spiro atoms. The number of alkyl carbamates (subject to hydrolysis) is 1. The molecule has 0 saturated carbocycles. The van der Waals surface area contributed by atoms with Crippen LogP contribution in [0.3, 0.4) is 0 Å².